The SMILES string of the molecule is C[C@@H](CN)CC(=N)C(=O)O. The van der Waals surface area contributed by atoms with Gasteiger partial charge in [-0.1, -0.05) is 6.92 Å². The van der Waals surface area contributed by atoms with Crippen LogP contribution in [0, 0.1) is 11.3 Å². The number of hydrogen-bond acceptors (Lipinski definition) is 3. The van der Waals surface area contributed by atoms with Crippen LogP contribution in [0.15, 0.2) is 0 Å². The zero-order valence-electron chi connectivity index (χ0n) is 5.92. The number of aliphatic carboxylic acids is 1. The van der Waals surface area contributed by atoms with Crippen molar-refractivity contribution in [2.24, 2.45) is 11.7 Å². The molecule has 0 saturated heterocycles. The highest BCUT2D eigenvalue weighted by atomic mass is 16.4. The third-order valence-corrected chi connectivity index (χ3v) is 1.21. The van der Waals surface area contributed by atoms with Crippen molar-refractivity contribution in [1.82, 2.24) is 0 Å². The van der Waals surface area contributed by atoms with Gasteiger partial charge in [0.1, 0.15) is 5.71 Å². The Morgan fingerprint density at radius 3 is 2.60 bits per heavy atom. The summed E-state index contributed by atoms with van der Waals surface area (Å²) in [4.78, 5) is 10.1. The van der Waals surface area contributed by atoms with E-state index >= 15 is 0 Å². The lowest BCUT2D eigenvalue weighted by atomic mass is 10.1. The molecule has 0 saturated carbocycles. The van der Waals surface area contributed by atoms with Gasteiger partial charge in [-0.25, -0.2) is 4.79 Å². The summed E-state index contributed by atoms with van der Waals surface area (Å²) in [5, 5.41) is 15.2. The fourth-order valence-electron chi connectivity index (χ4n) is 0.519. The maximum Gasteiger partial charge on any atom is 0.349 e. The standard InChI is InChI=1S/C6H12N2O2/c1-4(3-7)2-5(8)6(9)10/h4,8H,2-3,7H2,1H3,(H,9,10)/t4-/m1/s1. The van der Waals surface area contributed by atoms with Crippen molar-refractivity contribution >= 4 is 11.7 Å². The van der Waals surface area contributed by atoms with Gasteiger partial charge >= 0.3 is 5.97 Å². The minimum absolute atomic E-state index is 0.0867. The van der Waals surface area contributed by atoms with Gasteiger partial charge in [-0.3, -0.25) is 5.41 Å². The average molecular weight is 144 g/mol. The van der Waals surface area contributed by atoms with Crippen LogP contribution >= 0.6 is 0 Å². The third kappa shape index (κ3) is 3.19. The number of nitrogens with one attached hydrogen (secondary N) is 1. The van der Waals surface area contributed by atoms with Gasteiger partial charge in [-0.05, 0) is 12.5 Å². The summed E-state index contributed by atoms with van der Waals surface area (Å²) in [7, 11) is 0. The number of rotatable bonds is 4. The molecule has 0 rings (SSSR count). The van der Waals surface area contributed by atoms with E-state index in [9.17, 15) is 4.79 Å². The van der Waals surface area contributed by atoms with E-state index in [1.165, 1.54) is 0 Å². The second-order valence-corrected chi connectivity index (χ2v) is 2.33. The van der Waals surface area contributed by atoms with Gasteiger partial charge in [-0.2, -0.15) is 0 Å². The highest BCUT2D eigenvalue weighted by molar-refractivity contribution is 6.34. The summed E-state index contributed by atoms with van der Waals surface area (Å²) in [6, 6.07) is 0. The molecule has 0 heterocycles. The maximum atomic E-state index is 10.1. The first-order chi connectivity index (χ1) is 4.57. The predicted octanol–water partition coefficient (Wildman–Crippen LogP) is 0.0757. The summed E-state index contributed by atoms with van der Waals surface area (Å²) in [6.45, 7) is 2.24. The summed E-state index contributed by atoms with van der Waals surface area (Å²) < 4.78 is 0. The van der Waals surface area contributed by atoms with Crippen LogP contribution in [-0.4, -0.2) is 23.3 Å². The molecule has 0 amide bonds. The number of carboxylic acid groups (broad SMARTS) is 1. The van der Waals surface area contributed by atoms with Crippen molar-refractivity contribution in [3.8, 4) is 0 Å². The van der Waals surface area contributed by atoms with E-state index in [4.69, 9.17) is 16.2 Å². The molecule has 0 aromatic carbocycles. The van der Waals surface area contributed by atoms with Crippen molar-refractivity contribution in [2.75, 3.05) is 6.54 Å². The van der Waals surface area contributed by atoms with Crippen molar-refractivity contribution in [3.63, 3.8) is 0 Å². The molecule has 0 fully saturated rings. The van der Waals surface area contributed by atoms with E-state index in [0.29, 0.717) is 6.54 Å². The lowest BCUT2D eigenvalue weighted by Gasteiger charge is -2.04. The van der Waals surface area contributed by atoms with Crippen LogP contribution in [0.2, 0.25) is 0 Å². The molecule has 0 unspecified atom stereocenters. The van der Waals surface area contributed by atoms with Crippen LogP contribution < -0.4 is 5.73 Å². The summed E-state index contributed by atoms with van der Waals surface area (Å²) in [5.74, 6) is -1.07. The van der Waals surface area contributed by atoms with Gasteiger partial charge in [-0.15, -0.1) is 0 Å². The predicted molar refractivity (Wildman–Crippen MR) is 38.2 cm³/mol. The quantitative estimate of drug-likeness (QED) is 0.488. The van der Waals surface area contributed by atoms with Crippen LogP contribution in [0.25, 0.3) is 0 Å². The van der Waals surface area contributed by atoms with E-state index in [1.54, 1.807) is 0 Å². The molecule has 0 radical (unpaired) electrons. The zero-order valence-corrected chi connectivity index (χ0v) is 5.92. The normalized spacial score (nSPS) is 12.6. The smallest absolute Gasteiger partial charge is 0.349 e. The molecule has 4 nitrogen and oxygen atoms in total. The van der Waals surface area contributed by atoms with Gasteiger partial charge in [0.25, 0.3) is 0 Å². The molecule has 1 atom stereocenters. The Kier molecular flexibility index (Phi) is 3.64. The molecule has 4 N–H and O–H groups in total. The first-order valence-electron chi connectivity index (χ1n) is 3.08. The van der Waals surface area contributed by atoms with Gasteiger partial charge in [0, 0.05) is 6.42 Å². The van der Waals surface area contributed by atoms with Crippen LogP contribution in [0.5, 0.6) is 0 Å². The molecule has 0 spiro atoms. The average Bonchev–Trinajstić information content (AvgIpc) is 1.87. The lowest BCUT2D eigenvalue weighted by molar-refractivity contribution is -0.129. The molecular weight excluding hydrogens is 132 g/mol. The van der Waals surface area contributed by atoms with E-state index in [0.717, 1.165) is 0 Å². The van der Waals surface area contributed by atoms with Crippen molar-refractivity contribution < 1.29 is 9.90 Å². The molecule has 58 valence electrons. The molecule has 4 heteroatoms. The van der Waals surface area contributed by atoms with Gasteiger partial charge in [0.2, 0.25) is 0 Å². The first kappa shape index (κ1) is 9.10. The van der Waals surface area contributed by atoms with Gasteiger partial charge < -0.3 is 10.8 Å². The monoisotopic (exact) mass is 144 g/mol. The van der Waals surface area contributed by atoms with Crippen LogP contribution in [0.4, 0.5) is 0 Å². The Labute approximate surface area is 59.5 Å². The molecule has 0 aliphatic heterocycles. The Morgan fingerprint density at radius 1 is 1.80 bits per heavy atom. The Bertz CT molecular complexity index is 145. The Balaban J connectivity index is 3.68. The van der Waals surface area contributed by atoms with Crippen LogP contribution in [0.3, 0.4) is 0 Å². The van der Waals surface area contributed by atoms with Crippen LogP contribution in [-0.2, 0) is 4.79 Å². The molecule has 0 aromatic heterocycles. The van der Waals surface area contributed by atoms with E-state index < -0.39 is 5.97 Å². The Morgan fingerprint density at radius 2 is 2.30 bits per heavy atom. The van der Waals surface area contributed by atoms with Crippen molar-refractivity contribution in [2.45, 2.75) is 13.3 Å². The fourth-order valence-corrected chi connectivity index (χ4v) is 0.519. The summed E-state index contributed by atoms with van der Waals surface area (Å²) >= 11 is 0. The number of carboxylic acids is 1. The Hall–Kier alpha value is -0.900. The van der Waals surface area contributed by atoms with E-state index in [-0.39, 0.29) is 18.1 Å². The minimum Gasteiger partial charge on any atom is -0.477 e. The van der Waals surface area contributed by atoms with Crippen LogP contribution in [0.1, 0.15) is 13.3 Å². The summed E-state index contributed by atoms with van der Waals surface area (Å²) in [6.07, 6.45) is 0.256. The second kappa shape index (κ2) is 4.00. The third-order valence-electron chi connectivity index (χ3n) is 1.21. The van der Waals surface area contributed by atoms with Crippen molar-refractivity contribution in [1.29, 1.82) is 5.41 Å². The molecule has 0 aromatic rings. The first-order valence-corrected chi connectivity index (χ1v) is 3.08. The number of nitrogens with two attached hydrogens (primary N) is 1. The fraction of sp³-hybridized carbons (Fsp3) is 0.667. The van der Waals surface area contributed by atoms with Crippen molar-refractivity contribution in [3.05, 3.63) is 0 Å². The molecule has 0 aliphatic carbocycles. The topological polar surface area (TPSA) is 87.2 Å². The molecule has 0 aliphatic rings. The largest absolute Gasteiger partial charge is 0.477 e. The van der Waals surface area contributed by atoms with E-state index in [2.05, 4.69) is 0 Å². The van der Waals surface area contributed by atoms with E-state index in [1.807, 2.05) is 6.92 Å². The maximum absolute atomic E-state index is 10.1. The summed E-state index contributed by atoms with van der Waals surface area (Å²) in [5.41, 5.74) is 4.97. The number of hydrogen-bond donors (Lipinski definition) is 3. The molecule has 10 heavy (non-hydrogen) atoms. The molecular formula is C6H12N2O2. The minimum atomic E-state index is -1.15. The highest BCUT2D eigenvalue weighted by Crippen LogP contribution is 1.99. The highest BCUT2D eigenvalue weighted by Gasteiger charge is 2.09. The zero-order chi connectivity index (χ0) is 8.15. The molecule has 0 bridgehead atoms. The lowest BCUT2D eigenvalue weighted by Crippen LogP contribution is -2.19. The second-order valence-electron chi connectivity index (χ2n) is 2.33. The number of carbonyl (C=O) groups is 1. The van der Waals surface area contributed by atoms with Gasteiger partial charge in [0.15, 0.2) is 0 Å². The van der Waals surface area contributed by atoms with Gasteiger partial charge in [0.05, 0.1) is 0 Å².